The van der Waals surface area contributed by atoms with Gasteiger partial charge in [-0.15, -0.1) is 0 Å². The van der Waals surface area contributed by atoms with Crippen molar-refractivity contribution in [3.63, 3.8) is 0 Å². The fourth-order valence-electron chi connectivity index (χ4n) is 2.99. The van der Waals surface area contributed by atoms with E-state index < -0.39 is 11.7 Å². The number of aromatic nitrogens is 2. The lowest BCUT2D eigenvalue weighted by atomic mass is 10.0. The second-order valence-corrected chi connectivity index (χ2v) is 9.04. The Hall–Kier alpha value is -3.68. The zero-order valence-electron chi connectivity index (χ0n) is 19.6. The van der Waals surface area contributed by atoms with Gasteiger partial charge < -0.3 is 14.6 Å². The molecule has 174 valence electrons. The molecule has 0 aliphatic heterocycles. The highest BCUT2D eigenvalue weighted by Crippen LogP contribution is 2.21. The number of anilines is 2. The molecule has 3 rings (SSSR count). The lowest BCUT2D eigenvalue weighted by Crippen LogP contribution is -2.27. The van der Waals surface area contributed by atoms with Crippen LogP contribution in [0.5, 0.6) is 0 Å². The van der Waals surface area contributed by atoms with E-state index in [0.717, 1.165) is 5.56 Å². The largest absolute Gasteiger partial charge is 0.444 e. The van der Waals surface area contributed by atoms with E-state index in [4.69, 9.17) is 9.26 Å². The van der Waals surface area contributed by atoms with Crippen LogP contribution in [0.1, 0.15) is 58.4 Å². The summed E-state index contributed by atoms with van der Waals surface area (Å²) in [6, 6.07) is 14.8. The van der Waals surface area contributed by atoms with Gasteiger partial charge >= 0.3 is 6.09 Å². The number of carbonyl (C=O) groups is 2. The number of nitrogens with zero attached hydrogens (tertiary/aromatic N) is 2. The molecule has 2 aromatic carbocycles. The van der Waals surface area contributed by atoms with Gasteiger partial charge in [-0.05, 0) is 56.5 Å². The molecule has 0 aliphatic rings. The van der Waals surface area contributed by atoms with E-state index in [1.165, 1.54) is 5.56 Å². The molecule has 8 heteroatoms. The van der Waals surface area contributed by atoms with Crippen LogP contribution in [0.2, 0.25) is 0 Å². The van der Waals surface area contributed by atoms with Crippen LogP contribution in [-0.4, -0.2) is 27.7 Å². The Morgan fingerprint density at radius 2 is 1.58 bits per heavy atom. The minimum absolute atomic E-state index is 0.177. The Bertz CT molecular complexity index is 1080. The second kappa shape index (κ2) is 10.3. The third-order valence-corrected chi connectivity index (χ3v) is 4.68. The fourth-order valence-corrected chi connectivity index (χ4v) is 2.99. The van der Waals surface area contributed by atoms with Gasteiger partial charge in [0.25, 0.3) is 0 Å². The molecule has 33 heavy (non-hydrogen) atoms. The Morgan fingerprint density at radius 1 is 0.970 bits per heavy atom. The van der Waals surface area contributed by atoms with E-state index in [9.17, 15) is 9.59 Å². The van der Waals surface area contributed by atoms with Gasteiger partial charge in [0.05, 0.1) is 0 Å². The lowest BCUT2D eigenvalue weighted by molar-refractivity contribution is -0.116. The number of hydrogen-bond acceptors (Lipinski definition) is 6. The van der Waals surface area contributed by atoms with E-state index in [1.807, 2.05) is 12.1 Å². The molecule has 1 heterocycles. The molecule has 0 spiro atoms. The van der Waals surface area contributed by atoms with Crippen LogP contribution in [0.4, 0.5) is 16.2 Å². The zero-order valence-corrected chi connectivity index (χ0v) is 19.6. The first-order chi connectivity index (χ1) is 15.6. The molecule has 0 aliphatic carbocycles. The molecule has 0 bridgehead atoms. The molecule has 0 unspecified atom stereocenters. The van der Waals surface area contributed by atoms with Crippen molar-refractivity contribution in [3.05, 3.63) is 60.0 Å². The van der Waals surface area contributed by atoms with Gasteiger partial charge in [-0.1, -0.05) is 43.3 Å². The Morgan fingerprint density at radius 3 is 2.15 bits per heavy atom. The maximum Gasteiger partial charge on any atom is 0.412 e. The molecule has 2 N–H and O–H groups in total. The maximum atomic E-state index is 12.3. The first-order valence-corrected chi connectivity index (χ1v) is 10.9. The molecule has 0 saturated heterocycles. The van der Waals surface area contributed by atoms with Crippen LogP contribution in [0.3, 0.4) is 0 Å². The summed E-state index contributed by atoms with van der Waals surface area (Å²) >= 11 is 0. The van der Waals surface area contributed by atoms with Crippen molar-refractivity contribution < 1.29 is 18.8 Å². The molecular weight excluding hydrogens is 420 g/mol. The third kappa shape index (κ3) is 7.45. The van der Waals surface area contributed by atoms with Gasteiger partial charge in [0.1, 0.15) is 5.60 Å². The molecule has 2 amide bonds. The third-order valence-electron chi connectivity index (χ3n) is 4.68. The van der Waals surface area contributed by atoms with E-state index in [-0.39, 0.29) is 12.3 Å². The van der Waals surface area contributed by atoms with Crippen molar-refractivity contribution in [1.29, 1.82) is 0 Å². The zero-order chi connectivity index (χ0) is 24.0. The van der Waals surface area contributed by atoms with Gasteiger partial charge in [0, 0.05) is 29.8 Å². The number of amides is 2. The lowest BCUT2D eigenvalue weighted by Gasteiger charge is -2.19. The predicted octanol–water partition coefficient (Wildman–Crippen LogP) is 5.78. The number of rotatable bonds is 7. The average molecular weight is 451 g/mol. The minimum atomic E-state index is -0.574. The second-order valence-electron chi connectivity index (χ2n) is 9.04. The van der Waals surface area contributed by atoms with Crippen LogP contribution in [-0.2, 0) is 16.0 Å². The first kappa shape index (κ1) is 24.0. The van der Waals surface area contributed by atoms with Crippen molar-refractivity contribution in [3.8, 4) is 11.4 Å². The van der Waals surface area contributed by atoms with E-state index in [2.05, 4.69) is 46.8 Å². The number of carbonyl (C=O) groups excluding carboxylic acids is 2. The van der Waals surface area contributed by atoms with Crippen LogP contribution < -0.4 is 10.6 Å². The summed E-state index contributed by atoms with van der Waals surface area (Å²) in [5.41, 5.74) is 2.73. The van der Waals surface area contributed by atoms with Crippen LogP contribution in [0.25, 0.3) is 11.4 Å². The smallest absolute Gasteiger partial charge is 0.412 e. The monoisotopic (exact) mass is 450 g/mol. The Balaban J connectivity index is 1.48. The van der Waals surface area contributed by atoms with Crippen molar-refractivity contribution in [2.45, 2.75) is 59.0 Å². The first-order valence-electron chi connectivity index (χ1n) is 10.9. The number of nitrogens with one attached hydrogen (secondary N) is 2. The summed E-state index contributed by atoms with van der Waals surface area (Å²) < 4.78 is 10.5. The molecule has 0 radical (unpaired) electrons. The van der Waals surface area contributed by atoms with E-state index in [0.29, 0.717) is 35.4 Å². The molecule has 0 atom stereocenters. The van der Waals surface area contributed by atoms with Crippen molar-refractivity contribution >= 4 is 23.4 Å². The number of aryl methyl sites for hydroxylation is 1. The summed E-state index contributed by atoms with van der Waals surface area (Å²) in [6.45, 7) is 9.67. The normalized spacial score (nSPS) is 11.3. The van der Waals surface area contributed by atoms with Gasteiger partial charge in [0.2, 0.25) is 17.6 Å². The summed E-state index contributed by atoms with van der Waals surface area (Å²) in [5, 5.41) is 9.48. The Labute approximate surface area is 193 Å². The Kier molecular flexibility index (Phi) is 7.48. The number of ether oxygens (including phenoxy) is 1. The molecule has 8 nitrogen and oxygen atoms in total. The van der Waals surface area contributed by atoms with Crippen LogP contribution >= 0.6 is 0 Å². The highest BCUT2D eigenvalue weighted by Gasteiger charge is 2.16. The number of hydrogen-bond donors (Lipinski definition) is 2. The maximum absolute atomic E-state index is 12.3. The van der Waals surface area contributed by atoms with Crippen LogP contribution in [0, 0.1) is 0 Å². The van der Waals surface area contributed by atoms with Gasteiger partial charge in [0.15, 0.2) is 0 Å². The topological polar surface area (TPSA) is 106 Å². The number of benzene rings is 2. The van der Waals surface area contributed by atoms with Gasteiger partial charge in [-0.25, -0.2) is 4.79 Å². The van der Waals surface area contributed by atoms with Crippen LogP contribution in [0.15, 0.2) is 53.1 Å². The molecule has 0 saturated carbocycles. The molecule has 3 aromatic rings. The minimum Gasteiger partial charge on any atom is -0.444 e. The molecular formula is C25H30N4O4. The van der Waals surface area contributed by atoms with Gasteiger partial charge in [-0.3, -0.25) is 10.1 Å². The van der Waals surface area contributed by atoms with Gasteiger partial charge in [-0.2, -0.15) is 4.98 Å². The van der Waals surface area contributed by atoms with Crippen molar-refractivity contribution in [2.24, 2.45) is 0 Å². The van der Waals surface area contributed by atoms with Crippen molar-refractivity contribution in [2.75, 3.05) is 10.6 Å². The average Bonchev–Trinajstić information content (AvgIpc) is 3.21. The van der Waals surface area contributed by atoms with E-state index >= 15 is 0 Å². The van der Waals surface area contributed by atoms with E-state index in [1.54, 1.807) is 45.0 Å². The standard InChI is InChI=1S/C25H30N4O4/c1-16(2)17-6-8-18(9-7-17)23-28-22(33-29-23)15-14-21(30)26-19-10-12-20(13-11-19)27-24(31)32-25(3,4)5/h6-13,16H,14-15H2,1-5H3,(H,26,30)(H,27,31). The molecule has 1 aromatic heterocycles. The SMILES string of the molecule is CC(C)c1ccc(-c2noc(CCC(=O)Nc3ccc(NC(=O)OC(C)(C)C)cc3)n2)cc1. The highest BCUT2D eigenvalue weighted by atomic mass is 16.6. The quantitative estimate of drug-likeness (QED) is 0.473. The highest BCUT2D eigenvalue weighted by molar-refractivity contribution is 5.91. The van der Waals surface area contributed by atoms with Crippen molar-refractivity contribution in [1.82, 2.24) is 10.1 Å². The summed E-state index contributed by atoms with van der Waals surface area (Å²) in [6.07, 6.45) is 0.00148. The molecule has 0 fully saturated rings. The fraction of sp³-hybridized carbons (Fsp3) is 0.360. The summed E-state index contributed by atoms with van der Waals surface area (Å²) in [5.74, 6) is 1.19. The predicted molar refractivity (Wildman–Crippen MR) is 127 cm³/mol. The summed E-state index contributed by atoms with van der Waals surface area (Å²) in [4.78, 5) is 28.5. The summed E-state index contributed by atoms with van der Waals surface area (Å²) in [7, 11) is 0.